The summed E-state index contributed by atoms with van der Waals surface area (Å²) in [6.45, 7) is 1.85. The van der Waals surface area contributed by atoms with Crippen molar-refractivity contribution in [2.45, 2.75) is 51.5 Å². The Morgan fingerprint density at radius 1 is 1.12 bits per heavy atom. The van der Waals surface area contributed by atoms with Crippen molar-refractivity contribution < 1.29 is 9.18 Å². The van der Waals surface area contributed by atoms with Gasteiger partial charge in [-0.25, -0.2) is 4.39 Å². The molecule has 1 atom stereocenters. The number of benzene rings is 2. The summed E-state index contributed by atoms with van der Waals surface area (Å²) in [5.41, 5.74) is 2.48. The number of carbonyl (C=O) groups excluding carboxylic acids is 1. The molecule has 1 N–H and O–H groups in total. The van der Waals surface area contributed by atoms with Crippen molar-refractivity contribution in [1.82, 2.24) is 5.32 Å². The second kappa shape index (κ2) is 8.28. The fourth-order valence-corrected chi connectivity index (χ4v) is 3.83. The zero-order valence-corrected chi connectivity index (χ0v) is 14.8. The molecular weight excluding hydrogens is 313 g/mol. The lowest BCUT2D eigenvalue weighted by atomic mass is 9.81. The van der Waals surface area contributed by atoms with Crippen LogP contribution in [0.1, 0.15) is 53.6 Å². The molecule has 1 aliphatic carbocycles. The van der Waals surface area contributed by atoms with Gasteiger partial charge in [0.25, 0.3) is 5.91 Å². The van der Waals surface area contributed by atoms with Crippen LogP contribution in [0.3, 0.4) is 0 Å². The molecular formula is C22H26FNO. The summed E-state index contributed by atoms with van der Waals surface area (Å²) in [5, 5.41) is 3.21. The molecule has 1 unspecified atom stereocenters. The molecule has 0 bridgehead atoms. The van der Waals surface area contributed by atoms with E-state index >= 15 is 0 Å². The summed E-state index contributed by atoms with van der Waals surface area (Å²) in [4.78, 5) is 12.8. The highest BCUT2D eigenvalue weighted by molar-refractivity contribution is 5.95. The highest BCUT2D eigenvalue weighted by atomic mass is 19.1. The third-order valence-electron chi connectivity index (χ3n) is 5.28. The first-order valence-corrected chi connectivity index (χ1v) is 9.24. The average molecular weight is 339 g/mol. The topological polar surface area (TPSA) is 29.1 Å². The van der Waals surface area contributed by atoms with Crippen LogP contribution < -0.4 is 5.32 Å². The molecule has 1 fully saturated rings. The lowest BCUT2D eigenvalue weighted by Gasteiger charge is -2.31. The second-order valence-electron chi connectivity index (χ2n) is 7.13. The molecule has 1 amide bonds. The summed E-state index contributed by atoms with van der Waals surface area (Å²) < 4.78 is 13.6. The van der Waals surface area contributed by atoms with Crippen molar-refractivity contribution in [3.05, 3.63) is 71.0 Å². The molecule has 0 heterocycles. The summed E-state index contributed by atoms with van der Waals surface area (Å²) in [6.07, 6.45) is 6.87. The zero-order chi connectivity index (χ0) is 17.6. The summed E-state index contributed by atoms with van der Waals surface area (Å²) in [7, 11) is 0. The van der Waals surface area contributed by atoms with Gasteiger partial charge in [-0.15, -0.1) is 0 Å². The van der Waals surface area contributed by atoms with Gasteiger partial charge < -0.3 is 5.32 Å². The van der Waals surface area contributed by atoms with Crippen LogP contribution in [0.2, 0.25) is 0 Å². The van der Waals surface area contributed by atoms with E-state index in [2.05, 4.69) is 17.4 Å². The minimum Gasteiger partial charge on any atom is -0.349 e. The van der Waals surface area contributed by atoms with E-state index in [1.54, 1.807) is 6.07 Å². The third kappa shape index (κ3) is 4.68. The Morgan fingerprint density at radius 3 is 2.56 bits per heavy atom. The van der Waals surface area contributed by atoms with E-state index in [9.17, 15) is 9.18 Å². The fraction of sp³-hybridized carbons (Fsp3) is 0.409. The Balaban J connectivity index is 1.78. The van der Waals surface area contributed by atoms with E-state index in [0.29, 0.717) is 11.5 Å². The highest BCUT2D eigenvalue weighted by Gasteiger charge is 2.26. The van der Waals surface area contributed by atoms with Gasteiger partial charge in [-0.05, 0) is 55.4 Å². The van der Waals surface area contributed by atoms with E-state index in [-0.39, 0.29) is 17.8 Å². The molecule has 3 rings (SSSR count). The maximum Gasteiger partial charge on any atom is 0.251 e. The van der Waals surface area contributed by atoms with Crippen molar-refractivity contribution in [3.8, 4) is 0 Å². The van der Waals surface area contributed by atoms with Crippen molar-refractivity contribution in [2.24, 2.45) is 5.92 Å². The van der Waals surface area contributed by atoms with Gasteiger partial charge in [-0.1, -0.05) is 55.7 Å². The number of nitrogens with one attached hydrogen (secondary N) is 1. The molecule has 2 aromatic carbocycles. The lowest BCUT2D eigenvalue weighted by Crippen LogP contribution is -2.42. The largest absolute Gasteiger partial charge is 0.349 e. The first-order chi connectivity index (χ1) is 12.1. The molecule has 0 saturated heterocycles. The van der Waals surface area contributed by atoms with E-state index in [1.807, 2.05) is 25.1 Å². The van der Waals surface area contributed by atoms with Gasteiger partial charge in [0.05, 0.1) is 0 Å². The zero-order valence-electron chi connectivity index (χ0n) is 14.8. The number of hydrogen-bond donors (Lipinski definition) is 1. The molecule has 132 valence electrons. The number of amides is 1. The van der Waals surface area contributed by atoms with Gasteiger partial charge in [0.2, 0.25) is 0 Å². The van der Waals surface area contributed by atoms with Gasteiger partial charge in [-0.3, -0.25) is 4.79 Å². The number of rotatable bonds is 5. The van der Waals surface area contributed by atoms with Crippen LogP contribution in [0.5, 0.6) is 0 Å². The van der Waals surface area contributed by atoms with Crippen LogP contribution >= 0.6 is 0 Å². The Hall–Kier alpha value is -2.16. The summed E-state index contributed by atoms with van der Waals surface area (Å²) >= 11 is 0. The normalized spacial score (nSPS) is 16.4. The summed E-state index contributed by atoms with van der Waals surface area (Å²) in [6, 6.07) is 14.8. The van der Waals surface area contributed by atoms with Gasteiger partial charge in [0.15, 0.2) is 0 Å². The highest BCUT2D eigenvalue weighted by Crippen LogP contribution is 2.28. The van der Waals surface area contributed by atoms with Crippen molar-refractivity contribution in [1.29, 1.82) is 0 Å². The second-order valence-corrected chi connectivity index (χ2v) is 7.13. The van der Waals surface area contributed by atoms with E-state index < -0.39 is 0 Å². The molecule has 0 aliphatic heterocycles. The molecule has 3 heteroatoms. The van der Waals surface area contributed by atoms with Crippen LogP contribution in [0.4, 0.5) is 4.39 Å². The Labute approximate surface area is 149 Å². The predicted molar refractivity (Wildman–Crippen MR) is 99.1 cm³/mol. The first-order valence-electron chi connectivity index (χ1n) is 9.24. The van der Waals surface area contributed by atoms with E-state index in [0.717, 1.165) is 24.8 Å². The Morgan fingerprint density at radius 2 is 1.84 bits per heavy atom. The fourth-order valence-electron chi connectivity index (χ4n) is 3.83. The SMILES string of the molecule is Cc1ccc(F)cc1C(=O)NC(Cc1ccccc1)C1CCCCC1. The van der Waals surface area contributed by atoms with Crippen LogP contribution in [-0.4, -0.2) is 11.9 Å². The number of halogens is 1. The number of aryl methyl sites for hydroxylation is 1. The molecule has 1 saturated carbocycles. The number of hydrogen-bond acceptors (Lipinski definition) is 1. The molecule has 1 aliphatic rings. The van der Waals surface area contributed by atoms with Gasteiger partial charge >= 0.3 is 0 Å². The minimum absolute atomic E-state index is 0.0952. The van der Waals surface area contributed by atoms with Crippen molar-refractivity contribution >= 4 is 5.91 Å². The first kappa shape index (κ1) is 17.7. The van der Waals surface area contributed by atoms with Crippen LogP contribution in [0.25, 0.3) is 0 Å². The number of carbonyl (C=O) groups is 1. The minimum atomic E-state index is -0.368. The van der Waals surface area contributed by atoms with Gasteiger partial charge in [-0.2, -0.15) is 0 Å². The van der Waals surface area contributed by atoms with Crippen molar-refractivity contribution in [3.63, 3.8) is 0 Å². The Bertz CT molecular complexity index is 707. The van der Waals surface area contributed by atoms with Gasteiger partial charge in [0.1, 0.15) is 5.82 Å². The quantitative estimate of drug-likeness (QED) is 0.811. The van der Waals surface area contributed by atoms with E-state index in [1.165, 1.54) is 37.0 Å². The maximum absolute atomic E-state index is 13.6. The molecule has 2 aromatic rings. The monoisotopic (exact) mass is 339 g/mol. The van der Waals surface area contributed by atoms with Crippen LogP contribution in [0, 0.1) is 18.7 Å². The molecule has 0 aromatic heterocycles. The molecule has 25 heavy (non-hydrogen) atoms. The standard InChI is InChI=1S/C22H26FNO/c1-16-12-13-19(23)15-20(16)22(25)24-21(18-10-6-3-7-11-18)14-17-8-4-2-5-9-17/h2,4-5,8-9,12-13,15,18,21H,3,6-7,10-11,14H2,1H3,(H,24,25). The molecule has 0 radical (unpaired) electrons. The average Bonchev–Trinajstić information content (AvgIpc) is 2.64. The molecule has 2 nitrogen and oxygen atoms in total. The van der Waals surface area contributed by atoms with E-state index in [4.69, 9.17) is 0 Å². The third-order valence-corrected chi connectivity index (χ3v) is 5.28. The van der Waals surface area contributed by atoms with Gasteiger partial charge in [0, 0.05) is 11.6 Å². The van der Waals surface area contributed by atoms with Crippen molar-refractivity contribution in [2.75, 3.05) is 0 Å². The predicted octanol–water partition coefficient (Wildman–Crippen LogP) is 5.06. The maximum atomic E-state index is 13.6. The van der Waals surface area contributed by atoms with Crippen LogP contribution in [0.15, 0.2) is 48.5 Å². The van der Waals surface area contributed by atoms with Crippen LogP contribution in [-0.2, 0) is 6.42 Å². The lowest BCUT2D eigenvalue weighted by molar-refractivity contribution is 0.0912. The Kier molecular flexibility index (Phi) is 5.85. The summed E-state index contributed by atoms with van der Waals surface area (Å²) in [5.74, 6) is -0.0386. The smallest absolute Gasteiger partial charge is 0.251 e. The molecule has 0 spiro atoms.